The van der Waals surface area contributed by atoms with E-state index < -0.39 is 0 Å². The van der Waals surface area contributed by atoms with Gasteiger partial charge in [0.25, 0.3) is 0 Å². The summed E-state index contributed by atoms with van der Waals surface area (Å²) in [6.07, 6.45) is 3.73. The van der Waals surface area contributed by atoms with Gasteiger partial charge >= 0.3 is 0 Å². The van der Waals surface area contributed by atoms with Crippen LogP contribution in [0, 0.1) is 0 Å². The molecule has 2 heterocycles. The van der Waals surface area contributed by atoms with E-state index in [0.717, 1.165) is 11.3 Å². The predicted octanol–water partition coefficient (Wildman–Crippen LogP) is 2.13. The molecule has 0 saturated heterocycles. The van der Waals surface area contributed by atoms with Gasteiger partial charge < -0.3 is 9.14 Å². The van der Waals surface area contributed by atoms with E-state index in [1.807, 2.05) is 28.9 Å². The van der Waals surface area contributed by atoms with Crippen LogP contribution in [0.2, 0.25) is 5.02 Å². The van der Waals surface area contributed by atoms with Gasteiger partial charge in [-0.15, -0.1) is 0 Å². The highest BCUT2D eigenvalue weighted by Crippen LogP contribution is 2.11. The molecule has 0 amide bonds. The van der Waals surface area contributed by atoms with Crippen LogP contribution in [0.25, 0.3) is 5.65 Å². The summed E-state index contributed by atoms with van der Waals surface area (Å²) in [5, 5.41) is 0.703. The first-order valence-corrected chi connectivity index (χ1v) is 4.29. The molecule has 0 radical (unpaired) electrons. The minimum atomic E-state index is 0.527. The smallest absolute Gasteiger partial charge is 0.137 e. The van der Waals surface area contributed by atoms with Crippen LogP contribution >= 0.6 is 11.6 Å². The molecule has 2 aromatic heterocycles. The normalized spacial score (nSPS) is 10.9. The Morgan fingerprint density at radius 3 is 3.08 bits per heavy atom. The van der Waals surface area contributed by atoms with Crippen molar-refractivity contribution >= 4 is 17.2 Å². The highest BCUT2D eigenvalue weighted by Gasteiger charge is 2.00. The topological polar surface area (TPSA) is 26.5 Å². The number of fused-ring (bicyclic) bond motifs is 1. The molecular weight excluding hydrogens is 188 g/mol. The van der Waals surface area contributed by atoms with E-state index in [1.165, 1.54) is 0 Å². The monoisotopic (exact) mass is 196 g/mol. The minimum Gasteiger partial charge on any atom is -0.378 e. The molecule has 0 bridgehead atoms. The SMILES string of the molecule is COCc1cn2cc(Cl)ccc2n1. The van der Waals surface area contributed by atoms with Crippen molar-refractivity contribution < 1.29 is 4.74 Å². The summed E-state index contributed by atoms with van der Waals surface area (Å²) >= 11 is 5.83. The zero-order valence-corrected chi connectivity index (χ0v) is 7.95. The van der Waals surface area contributed by atoms with Gasteiger partial charge in [0.2, 0.25) is 0 Å². The Labute approximate surface area is 80.9 Å². The van der Waals surface area contributed by atoms with Crippen LogP contribution < -0.4 is 0 Å². The van der Waals surface area contributed by atoms with E-state index >= 15 is 0 Å². The third-order valence-corrected chi connectivity index (χ3v) is 1.98. The summed E-state index contributed by atoms with van der Waals surface area (Å²) in [7, 11) is 1.65. The van der Waals surface area contributed by atoms with Crippen molar-refractivity contribution in [2.75, 3.05) is 7.11 Å². The maximum Gasteiger partial charge on any atom is 0.137 e. The third-order valence-electron chi connectivity index (χ3n) is 1.76. The lowest BCUT2D eigenvalue weighted by Gasteiger charge is -1.91. The van der Waals surface area contributed by atoms with Gasteiger partial charge in [-0.1, -0.05) is 11.6 Å². The van der Waals surface area contributed by atoms with E-state index in [0.29, 0.717) is 11.6 Å². The summed E-state index contributed by atoms with van der Waals surface area (Å²) in [6.45, 7) is 0.527. The molecule has 0 aliphatic carbocycles. The quantitative estimate of drug-likeness (QED) is 0.736. The number of methoxy groups -OCH3 is 1. The summed E-state index contributed by atoms with van der Waals surface area (Å²) < 4.78 is 6.86. The number of pyridine rings is 1. The Morgan fingerprint density at radius 2 is 2.31 bits per heavy atom. The number of hydrogen-bond donors (Lipinski definition) is 0. The summed E-state index contributed by atoms with van der Waals surface area (Å²) in [4.78, 5) is 4.32. The number of halogens is 1. The number of aromatic nitrogens is 2. The van der Waals surface area contributed by atoms with Crippen molar-refractivity contribution in [3.8, 4) is 0 Å². The van der Waals surface area contributed by atoms with Gasteiger partial charge in [-0.25, -0.2) is 4.98 Å². The highest BCUT2D eigenvalue weighted by atomic mass is 35.5. The largest absolute Gasteiger partial charge is 0.378 e. The van der Waals surface area contributed by atoms with Gasteiger partial charge in [0.1, 0.15) is 5.65 Å². The molecule has 68 valence electrons. The van der Waals surface area contributed by atoms with Crippen molar-refractivity contribution in [2.45, 2.75) is 6.61 Å². The fourth-order valence-corrected chi connectivity index (χ4v) is 1.40. The van der Waals surface area contributed by atoms with E-state index in [2.05, 4.69) is 4.98 Å². The Hall–Kier alpha value is -1.06. The first-order valence-electron chi connectivity index (χ1n) is 3.91. The average Bonchev–Trinajstić information content (AvgIpc) is 2.46. The predicted molar refractivity (Wildman–Crippen MR) is 50.9 cm³/mol. The van der Waals surface area contributed by atoms with Gasteiger partial charge in [-0.2, -0.15) is 0 Å². The zero-order valence-electron chi connectivity index (χ0n) is 7.20. The molecule has 3 nitrogen and oxygen atoms in total. The number of imidazole rings is 1. The van der Waals surface area contributed by atoms with Crippen molar-refractivity contribution in [3.05, 3.63) is 35.2 Å². The molecule has 2 rings (SSSR count). The molecule has 0 atom stereocenters. The Bertz CT molecular complexity index is 424. The van der Waals surface area contributed by atoms with E-state index in [-0.39, 0.29) is 0 Å². The van der Waals surface area contributed by atoms with E-state index in [4.69, 9.17) is 16.3 Å². The zero-order chi connectivity index (χ0) is 9.26. The molecule has 0 N–H and O–H groups in total. The molecule has 13 heavy (non-hydrogen) atoms. The highest BCUT2D eigenvalue weighted by molar-refractivity contribution is 6.30. The molecule has 0 unspecified atom stereocenters. The van der Waals surface area contributed by atoms with E-state index in [9.17, 15) is 0 Å². The van der Waals surface area contributed by atoms with Gasteiger partial charge in [0, 0.05) is 19.5 Å². The van der Waals surface area contributed by atoms with Crippen LogP contribution in [0.4, 0.5) is 0 Å². The second kappa shape index (κ2) is 3.36. The van der Waals surface area contributed by atoms with Crippen molar-refractivity contribution in [1.29, 1.82) is 0 Å². The first-order chi connectivity index (χ1) is 6.29. The van der Waals surface area contributed by atoms with Gasteiger partial charge in [-0.3, -0.25) is 0 Å². The summed E-state index contributed by atoms with van der Waals surface area (Å²) in [5.41, 5.74) is 1.79. The van der Waals surface area contributed by atoms with Gasteiger partial charge in [0.15, 0.2) is 0 Å². The molecule has 0 saturated carbocycles. The number of hydrogen-bond acceptors (Lipinski definition) is 2. The Kier molecular flexibility index (Phi) is 2.20. The number of ether oxygens (including phenoxy) is 1. The fraction of sp³-hybridized carbons (Fsp3) is 0.222. The van der Waals surface area contributed by atoms with Crippen LogP contribution in [-0.4, -0.2) is 16.5 Å². The number of nitrogens with zero attached hydrogens (tertiary/aromatic N) is 2. The minimum absolute atomic E-state index is 0.527. The molecule has 0 fully saturated rings. The van der Waals surface area contributed by atoms with Crippen LogP contribution in [-0.2, 0) is 11.3 Å². The molecular formula is C9H9ClN2O. The lowest BCUT2D eigenvalue weighted by Crippen LogP contribution is -1.85. The fourth-order valence-electron chi connectivity index (χ4n) is 1.23. The molecule has 0 spiro atoms. The van der Waals surface area contributed by atoms with Crippen LogP contribution in [0.3, 0.4) is 0 Å². The van der Waals surface area contributed by atoms with Crippen molar-refractivity contribution in [2.24, 2.45) is 0 Å². The second-order valence-corrected chi connectivity index (χ2v) is 3.21. The van der Waals surface area contributed by atoms with Gasteiger partial charge in [-0.05, 0) is 12.1 Å². The maximum atomic E-state index is 5.83. The van der Waals surface area contributed by atoms with Crippen molar-refractivity contribution in [3.63, 3.8) is 0 Å². The lowest BCUT2D eigenvalue weighted by molar-refractivity contribution is 0.182. The second-order valence-electron chi connectivity index (χ2n) is 2.78. The number of rotatable bonds is 2. The standard InChI is InChI=1S/C9H9ClN2O/c1-13-6-8-5-12-4-7(10)2-3-9(12)11-8/h2-5H,6H2,1H3. The third kappa shape index (κ3) is 1.66. The van der Waals surface area contributed by atoms with E-state index in [1.54, 1.807) is 7.11 Å². The first kappa shape index (κ1) is 8.53. The Morgan fingerprint density at radius 1 is 1.46 bits per heavy atom. The summed E-state index contributed by atoms with van der Waals surface area (Å²) in [6, 6.07) is 3.70. The Balaban J connectivity index is 2.49. The summed E-state index contributed by atoms with van der Waals surface area (Å²) in [5.74, 6) is 0. The molecule has 4 heteroatoms. The lowest BCUT2D eigenvalue weighted by atomic mass is 10.5. The molecule has 0 aliphatic rings. The maximum absolute atomic E-state index is 5.83. The average molecular weight is 197 g/mol. The molecule has 0 aromatic carbocycles. The van der Waals surface area contributed by atoms with Crippen molar-refractivity contribution in [1.82, 2.24) is 9.38 Å². The molecule has 0 aliphatic heterocycles. The van der Waals surface area contributed by atoms with Crippen LogP contribution in [0.1, 0.15) is 5.69 Å². The van der Waals surface area contributed by atoms with Crippen LogP contribution in [0.5, 0.6) is 0 Å². The van der Waals surface area contributed by atoms with Gasteiger partial charge in [0.05, 0.1) is 17.3 Å². The molecule has 2 aromatic rings. The van der Waals surface area contributed by atoms with Crippen LogP contribution in [0.15, 0.2) is 24.5 Å².